The fraction of sp³-hybridized carbons (Fsp3) is 0.120. The molecule has 166 valence electrons. The second-order valence-electron chi connectivity index (χ2n) is 7.26. The van der Waals surface area contributed by atoms with Crippen LogP contribution >= 0.6 is 0 Å². The Morgan fingerprint density at radius 2 is 1.76 bits per heavy atom. The fourth-order valence-corrected chi connectivity index (χ4v) is 3.05. The number of hydrogen-bond acceptors (Lipinski definition) is 7. The third kappa shape index (κ3) is 5.62. The quantitative estimate of drug-likeness (QED) is 0.314. The van der Waals surface area contributed by atoms with Gasteiger partial charge in [-0.2, -0.15) is 5.10 Å². The topological polar surface area (TPSA) is 101 Å². The van der Waals surface area contributed by atoms with Gasteiger partial charge in [-0.05, 0) is 48.9 Å². The van der Waals surface area contributed by atoms with Gasteiger partial charge in [0.05, 0.1) is 13.3 Å². The van der Waals surface area contributed by atoms with Crippen LogP contribution in [0.25, 0.3) is 11.3 Å². The molecule has 33 heavy (non-hydrogen) atoms. The van der Waals surface area contributed by atoms with Gasteiger partial charge in [0, 0.05) is 11.1 Å². The summed E-state index contributed by atoms with van der Waals surface area (Å²) in [6.45, 7) is 2.50. The number of methoxy groups -OCH3 is 1. The molecule has 4 aromatic rings. The van der Waals surface area contributed by atoms with Crippen molar-refractivity contribution < 1.29 is 9.47 Å². The highest BCUT2D eigenvalue weighted by Gasteiger charge is 2.08. The maximum Gasteiger partial charge on any atom is 0.279 e. The normalized spacial score (nSPS) is 10.8. The number of nitrogens with one attached hydrogen (secondary N) is 2. The van der Waals surface area contributed by atoms with E-state index in [0.717, 1.165) is 11.1 Å². The third-order valence-electron chi connectivity index (χ3n) is 4.87. The molecule has 0 aliphatic heterocycles. The molecule has 0 aliphatic carbocycles. The molecule has 0 radical (unpaired) electrons. The lowest BCUT2D eigenvalue weighted by Crippen LogP contribution is -2.15. The Morgan fingerprint density at radius 1 is 1.00 bits per heavy atom. The highest BCUT2D eigenvalue weighted by atomic mass is 16.5. The first-order chi connectivity index (χ1) is 16.1. The number of nitrogens with zero attached hydrogens (tertiary/aromatic N) is 3. The van der Waals surface area contributed by atoms with Crippen LogP contribution in [0.4, 0.5) is 5.95 Å². The minimum absolute atomic E-state index is 0.131. The summed E-state index contributed by atoms with van der Waals surface area (Å²) in [5.41, 5.74) is 6.23. The molecular formula is C25H23N5O3. The number of ether oxygens (including phenoxy) is 2. The summed E-state index contributed by atoms with van der Waals surface area (Å²) in [6.07, 6.45) is 1.60. The summed E-state index contributed by atoms with van der Waals surface area (Å²) in [5, 5.41) is 12.2. The zero-order valence-electron chi connectivity index (χ0n) is 18.3. The molecule has 0 fully saturated rings. The highest BCUT2D eigenvalue weighted by Crippen LogP contribution is 2.19. The number of para-hydroxylation sites is 1. The molecule has 0 saturated heterocycles. The SMILES string of the molecule is COc1ccc(-c2nnc(N/N=C/c3ccccc3OCc3ccc(C)cc3)[nH]c2=O)cc1. The minimum Gasteiger partial charge on any atom is -0.497 e. The van der Waals surface area contributed by atoms with E-state index in [4.69, 9.17) is 9.47 Å². The van der Waals surface area contributed by atoms with Gasteiger partial charge in [0.25, 0.3) is 5.56 Å². The van der Waals surface area contributed by atoms with E-state index in [1.165, 1.54) is 5.56 Å². The number of hydrazone groups is 1. The molecule has 0 amide bonds. The Hall–Kier alpha value is -4.46. The maximum absolute atomic E-state index is 12.4. The first kappa shape index (κ1) is 21.8. The van der Waals surface area contributed by atoms with Gasteiger partial charge in [-0.15, -0.1) is 10.2 Å². The predicted molar refractivity (Wildman–Crippen MR) is 128 cm³/mol. The number of aromatic nitrogens is 3. The summed E-state index contributed by atoms with van der Waals surface area (Å²) >= 11 is 0. The lowest BCUT2D eigenvalue weighted by Gasteiger charge is -2.09. The molecule has 1 heterocycles. The molecule has 0 aliphatic rings. The first-order valence-electron chi connectivity index (χ1n) is 10.3. The monoisotopic (exact) mass is 441 g/mol. The summed E-state index contributed by atoms with van der Waals surface area (Å²) in [5.74, 6) is 1.52. The average molecular weight is 441 g/mol. The van der Waals surface area contributed by atoms with Crippen molar-refractivity contribution in [2.75, 3.05) is 12.5 Å². The van der Waals surface area contributed by atoms with Gasteiger partial charge in [0.15, 0.2) is 5.69 Å². The second-order valence-corrected chi connectivity index (χ2v) is 7.26. The van der Waals surface area contributed by atoms with Gasteiger partial charge in [-0.1, -0.05) is 42.0 Å². The predicted octanol–water partition coefficient (Wildman–Crippen LogP) is 4.17. The van der Waals surface area contributed by atoms with E-state index in [1.54, 1.807) is 37.6 Å². The molecule has 4 rings (SSSR count). The maximum atomic E-state index is 12.4. The van der Waals surface area contributed by atoms with Crippen molar-refractivity contribution in [3.05, 3.63) is 99.8 Å². The number of benzene rings is 3. The van der Waals surface area contributed by atoms with E-state index in [9.17, 15) is 4.79 Å². The van der Waals surface area contributed by atoms with Crippen molar-refractivity contribution in [2.45, 2.75) is 13.5 Å². The van der Waals surface area contributed by atoms with Crippen molar-refractivity contribution in [1.82, 2.24) is 15.2 Å². The van der Waals surface area contributed by atoms with Gasteiger partial charge in [-0.3, -0.25) is 9.78 Å². The average Bonchev–Trinajstić information content (AvgIpc) is 2.85. The van der Waals surface area contributed by atoms with E-state index in [2.05, 4.69) is 37.8 Å². The van der Waals surface area contributed by atoms with Crippen LogP contribution < -0.4 is 20.5 Å². The Morgan fingerprint density at radius 3 is 2.48 bits per heavy atom. The zero-order valence-corrected chi connectivity index (χ0v) is 18.3. The molecule has 0 bridgehead atoms. The van der Waals surface area contributed by atoms with Crippen LogP contribution in [0.1, 0.15) is 16.7 Å². The number of aryl methyl sites for hydroxylation is 1. The molecule has 1 aromatic heterocycles. The van der Waals surface area contributed by atoms with Crippen LogP contribution in [0.15, 0.2) is 82.7 Å². The molecule has 0 unspecified atom stereocenters. The number of hydrogen-bond donors (Lipinski definition) is 2. The third-order valence-corrected chi connectivity index (χ3v) is 4.87. The number of aromatic amines is 1. The summed E-state index contributed by atoms with van der Waals surface area (Å²) in [4.78, 5) is 15.1. The fourth-order valence-electron chi connectivity index (χ4n) is 3.05. The first-order valence-corrected chi connectivity index (χ1v) is 10.3. The van der Waals surface area contributed by atoms with Gasteiger partial charge in [0.2, 0.25) is 5.95 Å². The minimum atomic E-state index is -0.380. The largest absolute Gasteiger partial charge is 0.497 e. The summed E-state index contributed by atoms with van der Waals surface area (Å²) < 4.78 is 11.1. The number of rotatable bonds is 8. The zero-order chi connectivity index (χ0) is 23.0. The smallest absolute Gasteiger partial charge is 0.279 e. The molecule has 3 aromatic carbocycles. The van der Waals surface area contributed by atoms with Crippen molar-refractivity contribution in [2.24, 2.45) is 5.10 Å². The van der Waals surface area contributed by atoms with E-state index >= 15 is 0 Å². The van der Waals surface area contributed by atoms with Crippen LogP contribution in [0, 0.1) is 6.92 Å². The number of H-pyrrole nitrogens is 1. The van der Waals surface area contributed by atoms with Crippen LogP contribution in [0.5, 0.6) is 11.5 Å². The van der Waals surface area contributed by atoms with Crippen LogP contribution in [-0.4, -0.2) is 28.5 Å². The molecular weight excluding hydrogens is 418 g/mol. The lowest BCUT2D eigenvalue weighted by molar-refractivity contribution is 0.306. The number of anilines is 1. The van der Waals surface area contributed by atoms with E-state index in [1.807, 2.05) is 43.3 Å². The van der Waals surface area contributed by atoms with Crippen LogP contribution in [0.3, 0.4) is 0 Å². The summed E-state index contributed by atoms with van der Waals surface area (Å²) in [7, 11) is 1.58. The summed E-state index contributed by atoms with van der Waals surface area (Å²) in [6, 6.07) is 22.7. The molecule has 0 atom stereocenters. The second kappa shape index (κ2) is 10.2. The van der Waals surface area contributed by atoms with Crippen molar-refractivity contribution in [3.63, 3.8) is 0 Å². The molecule has 2 N–H and O–H groups in total. The Kier molecular flexibility index (Phi) is 6.75. The van der Waals surface area contributed by atoms with Crippen molar-refractivity contribution in [3.8, 4) is 22.8 Å². The molecule has 0 spiro atoms. The molecule has 8 nitrogen and oxygen atoms in total. The van der Waals surface area contributed by atoms with Gasteiger partial charge < -0.3 is 9.47 Å². The van der Waals surface area contributed by atoms with Crippen LogP contribution in [-0.2, 0) is 6.61 Å². The van der Waals surface area contributed by atoms with Crippen LogP contribution in [0.2, 0.25) is 0 Å². The molecule has 0 saturated carbocycles. The standard InChI is InChI=1S/C25H23N5O3/c1-17-7-9-18(10-8-17)16-33-22-6-4-3-5-20(22)15-26-29-25-27-24(31)23(28-30-25)19-11-13-21(32-2)14-12-19/h3-15H,16H2,1-2H3,(H2,27,29,30,31)/b26-15+. The highest BCUT2D eigenvalue weighted by molar-refractivity contribution is 5.83. The van der Waals surface area contributed by atoms with Gasteiger partial charge >= 0.3 is 0 Å². The Labute approximate surface area is 190 Å². The van der Waals surface area contributed by atoms with Crippen molar-refractivity contribution >= 4 is 12.2 Å². The molecule has 8 heteroatoms. The van der Waals surface area contributed by atoms with Gasteiger partial charge in [-0.25, -0.2) is 5.43 Å². The Balaban J connectivity index is 1.42. The van der Waals surface area contributed by atoms with Gasteiger partial charge in [0.1, 0.15) is 18.1 Å². The lowest BCUT2D eigenvalue weighted by atomic mass is 10.1. The van der Waals surface area contributed by atoms with E-state index < -0.39 is 0 Å². The van der Waals surface area contributed by atoms with E-state index in [0.29, 0.717) is 23.7 Å². The van der Waals surface area contributed by atoms with E-state index in [-0.39, 0.29) is 17.2 Å². The Bertz CT molecular complexity index is 1300. The van der Waals surface area contributed by atoms with Crippen molar-refractivity contribution in [1.29, 1.82) is 0 Å².